The van der Waals surface area contributed by atoms with E-state index in [1.165, 1.54) is 11.3 Å². The van der Waals surface area contributed by atoms with Gasteiger partial charge in [0.2, 0.25) is 5.91 Å². The van der Waals surface area contributed by atoms with Crippen LogP contribution in [-0.2, 0) is 4.79 Å². The van der Waals surface area contributed by atoms with E-state index in [1.807, 2.05) is 54.8 Å². The van der Waals surface area contributed by atoms with Crippen molar-refractivity contribution in [3.8, 4) is 0 Å². The molecule has 1 fully saturated rings. The highest BCUT2D eigenvalue weighted by Gasteiger charge is 2.27. The third kappa shape index (κ3) is 4.46. The quantitative estimate of drug-likeness (QED) is 0.677. The average Bonchev–Trinajstić information content (AvgIpc) is 3.29. The molecule has 2 N–H and O–H groups in total. The van der Waals surface area contributed by atoms with Gasteiger partial charge in [0, 0.05) is 30.7 Å². The van der Waals surface area contributed by atoms with E-state index in [0.29, 0.717) is 0 Å². The average molecular weight is 409 g/mol. The first-order chi connectivity index (χ1) is 14.1. The number of anilines is 1. The van der Waals surface area contributed by atoms with E-state index in [4.69, 9.17) is 0 Å². The van der Waals surface area contributed by atoms with Gasteiger partial charge in [-0.05, 0) is 55.5 Å². The van der Waals surface area contributed by atoms with Gasteiger partial charge in [-0.1, -0.05) is 12.1 Å². The molecule has 1 aromatic carbocycles. The maximum Gasteiger partial charge on any atom is 0.261 e. The first-order valence-corrected chi connectivity index (χ1v) is 10.7. The highest BCUT2D eigenvalue weighted by Crippen LogP contribution is 2.22. The van der Waals surface area contributed by atoms with Crippen LogP contribution in [0.1, 0.15) is 29.4 Å². The number of amides is 2. The van der Waals surface area contributed by atoms with Crippen LogP contribution in [0.3, 0.4) is 0 Å². The largest absolute Gasteiger partial charge is 0.349 e. The van der Waals surface area contributed by atoms with Crippen LogP contribution < -0.4 is 10.6 Å². The second-order valence-corrected chi connectivity index (χ2v) is 8.25. The Kier molecular flexibility index (Phi) is 5.87. The number of piperidine rings is 1. The molecule has 3 aromatic rings. The number of hydrogen-bond donors (Lipinski definition) is 2. The Balaban J connectivity index is 1.32. The number of nitrogens with one attached hydrogen (secondary N) is 2. The van der Waals surface area contributed by atoms with Crippen molar-refractivity contribution in [3.05, 3.63) is 58.9 Å². The number of rotatable bonds is 5. The highest BCUT2D eigenvalue weighted by molar-refractivity contribution is 7.12. The summed E-state index contributed by atoms with van der Waals surface area (Å²) in [6.07, 6.45) is 3.43. The van der Waals surface area contributed by atoms with Gasteiger partial charge in [-0.15, -0.1) is 11.3 Å². The van der Waals surface area contributed by atoms with Gasteiger partial charge in [-0.3, -0.25) is 19.5 Å². The fourth-order valence-corrected chi connectivity index (χ4v) is 4.34. The molecule has 0 radical (unpaired) electrons. The topological polar surface area (TPSA) is 74.3 Å². The number of nitrogens with zero attached hydrogens (tertiary/aromatic N) is 2. The van der Waals surface area contributed by atoms with Crippen LogP contribution in [0.25, 0.3) is 10.9 Å². The molecule has 7 heteroatoms. The van der Waals surface area contributed by atoms with E-state index < -0.39 is 0 Å². The van der Waals surface area contributed by atoms with Gasteiger partial charge in [0.05, 0.1) is 22.1 Å². The van der Waals surface area contributed by atoms with E-state index >= 15 is 0 Å². The van der Waals surface area contributed by atoms with Crippen molar-refractivity contribution in [1.29, 1.82) is 0 Å². The summed E-state index contributed by atoms with van der Waals surface area (Å²) in [5.41, 5.74) is 1.64. The third-order valence-corrected chi connectivity index (χ3v) is 6.31. The molecule has 29 heavy (non-hydrogen) atoms. The van der Waals surface area contributed by atoms with Crippen LogP contribution in [0.2, 0.25) is 0 Å². The van der Waals surface area contributed by atoms with Crippen LogP contribution in [0.5, 0.6) is 0 Å². The summed E-state index contributed by atoms with van der Waals surface area (Å²) in [7, 11) is 0. The molecule has 1 saturated heterocycles. The predicted octanol–water partition coefficient (Wildman–Crippen LogP) is 3.52. The Morgan fingerprint density at radius 3 is 2.72 bits per heavy atom. The monoisotopic (exact) mass is 408 g/mol. The smallest absolute Gasteiger partial charge is 0.261 e. The molecule has 1 aliphatic rings. The van der Waals surface area contributed by atoms with Crippen molar-refractivity contribution in [3.63, 3.8) is 0 Å². The minimum Gasteiger partial charge on any atom is -0.349 e. The number of aromatic nitrogens is 1. The zero-order valence-corrected chi connectivity index (χ0v) is 17.1. The lowest BCUT2D eigenvalue weighted by Crippen LogP contribution is -2.50. The van der Waals surface area contributed by atoms with Crippen LogP contribution in [0, 0.1) is 0 Å². The van der Waals surface area contributed by atoms with Gasteiger partial charge in [0.25, 0.3) is 5.91 Å². The van der Waals surface area contributed by atoms with E-state index in [9.17, 15) is 9.59 Å². The van der Waals surface area contributed by atoms with Gasteiger partial charge in [-0.2, -0.15) is 0 Å². The van der Waals surface area contributed by atoms with E-state index in [2.05, 4.69) is 20.5 Å². The maximum absolute atomic E-state index is 12.8. The van der Waals surface area contributed by atoms with Gasteiger partial charge in [0.1, 0.15) is 0 Å². The SMILES string of the molecule is CC(C(=O)Nc1cccc2ncccc12)N1CCC(NC(=O)c2cccs2)CC1. The highest BCUT2D eigenvalue weighted by atomic mass is 32.1. The molecular formula is C22H24N4O2S. The number of pyridine rings is 1. The van der Waals surface area contributed by atoms with Gasteiger partial charge in [-0.25, -0.2) is 0 Å². The van der Waals surface area contributed by atoms with Crippen molar-refractivity contribution >= 4 is 39.7 Å². The maximum atomic E-state index is 12.8. The molecule has 1 aliphatic heterocycles. The Hall–Kier alpha value is -2.77. The second-order valence-electron chi connectivity index (χ2n) is 7.30. The molecule has 1 unspecified atom stereocenters. The Morgan fingerprint density at radius 1 is 1.14 bits per heavy atom. The summed E-state index contributed by atoms with van der Waals surface area (Å²) >= 11 is 1.45. The predicted molar refractivity (Wildman–Crippen MR) is 116 cm³/mol. The number of hydrogen-bond acceptors (Lipinski definition) is 5. The summed E-state index contributed by atoms with van der Waals surface area (Å²) in [6, 6.07) is 13.2. The minimum absolute atomic E-state index is 0.00573. The van der Waals surface area contributed by atoms with Crippen molar-refractivity contribution in [1.82, 2.24) is 15.2 Å². The molecule has 0 saturated carbocycles. The molecule has 0 aliphatic carbocycles. The van der Waals surface area contributed by atoms with Gasteiger partial charge >= 0.3 is 0 Å². The van der Waals surface area contributed by atoms with Crippen molar-refractivity contribution in [2.24, 2.45) is 0 Å². The summed E-state index contributed by atoms with van der Waals surface area (Å²) in [5, 5.41) is 9.00. The van der Waals surface area contributed by atoms with Crippen LogP contribution >= 0.6 is 11.3 Å². The molecule has 0 bridgehead atoms. The number of carbonyl (C=O) groups excluding carboxylic acids is 2. The van der Waals surface area contributed by atoms with Crippen LogP contribution in [0.4, 0.5) is 5.69 Å². The van der Waals surface area contributed by atoms with E-state index in [0.717, 1.165) is 47.4 Å². The molecule has 1 atom stereocenters. The number of benzene rings is 1. The van der Waals surface area contributed by atoms with Crippen molar-refractivity contribution in [2.75, 3.05) is 18.4 Å². The molecule has 0 spiro atoms. The number of thiophene rings is 1. The zero-order valence-electron chi connectivity index (χ0n) is 16.3. The first kappa shape index (κ1) is 19.5. The molecule has 3 heterocycles. The van der Waals surface area contributed by atoms with Gasteiger partial charge < -0.3 is 10.6 Å². The molecule has 150 valence electrons. The molecule has 4 rings (SSSR count). The molecule has 6 nitrogen and oxygen atoms in total. The fourth-order valence-electron chi connectivity index (χ4n) is 3.71. The fraction of sp³-hybridized carbons (Fsp3) is 0.318. The van der Waals surface area contributed by atoms with E-state index in [1.54, 1.807) is 6.20 Å². The molecular weight excluding hydrogens is 384 g/mol. The summed E-state index contributed by atoms with van der Waals surface area (Å²) in [5.74, 6) is -0.0313. The van der Waals surface area contributed by atoms with Crippen LogP contribution in [0.15, 0.2) is 54.0 Å². The molecule has 2 aromatic heterocycles. The lowest BCUT2D eigenvalue weighted by molar-refractivity contribution is -0.121. The first-order valence-electron chi connectivity index (χ1n) is 9.85. The second kappa shape index (κ2) is 8.71. The van der Waals surface area contributed by atoms with E-state index in [-0.39, 0.29) is 23.9 Å². The lowest BCUT2D eigenvalue weighted by Gasteiger charge is -2.35. The zero-order chi connectivity index (χ0) is 20.2. The Labute approximate surface area is 173 Å². The van der Waals surface area contributed by atoms with Crippen molar-refractivity contribution < 1.29 is 9.59 Å². The Bertz CT molecular complexity index is 992. The lowest BCUT2D eigenvalue weighted by atomic mass is 10.0. The summed E-state index contributed by atoms with van der Waals surface area (Å²) in [6.45, 7) is 3.49. The number of fused-ring (bicyclic) bond motifs is 1. The normalized spacial score (nSPS) is 16.4. The third-order valence-electron chi connectivity index (χ3n) is 5.44. The minimum atomic E-state index is -0.240. The summed E-state index contributed by atoms with van der Waals surface area (Å²) in [4.78, 5) is 32.3. The standard InChI is InChI=1S/C22H24N4O2S/c1-15(21(27)25-19-7-2-6-18-17(19)5-3-11-23-18)26-12-9-16(10-13-26)24-22(28)20-8-4-14-29-20/h2-8,11,14-16H,9-10,12-13H2,1H3,(H,24,28)(H,25,27). The Morgan fingerprint density at radius 2 is 1.97 bits per heavy atom. The molecule has 2 amide bonds. The van der Waals surface area contributed by atoms with Gasteiger partial charge in [0.15, 0.2) is 0 Å². The van der Waals surface area contributed by atoms with Crippen LogP contribution in [-0.4, -0.2) is 46.9 Å². The summed E-state index contributed by atoms with van der Waals surface area (Å²) < 4.78 is 0. The number of likely N-dealkylation sites (tertiary alicyclic amines) is 1. The van der Waals surface area contributed by atoms with Crippen molar-refractivity contribution in [2.45, 2.75) is 31.8 Å². The number of carbonyl (C=O) groups is 2.